The van der Waals surface area contributed by atoms with E-state index in [1.54, 1.807) is 36.1 Å². The molecule has 0 N–H and O–H groups in total. The lowest BCUT2D eigenvalue weighted by Crippen LogP contribution is -2.57. The Morgan fingerprint density at radius 2 is 1.95 bits per heavy atom. The Kier molecular flexibility index (Phi) is 3.66. The van der Waals surface area contributed by atoms with Crippen LogP contribution in [0.1, 0.15) is 17.5 Å². The SMILES string of the molecule is CC1C(=O)N(c2ccc(F)cc2)CCN1C(=O)c1ccco1. The van der Waals surface area contributed by atoms with Crippen LogP contribution < -0.4 is 4.90 Å². The summed E-state index contributed by atoms with van der Waals surface area (Å²) in [5.74, 6) is -0.631. The summed E-state index contributed by atoms with van der Waals surface area (Å²) in [4.78, 5) is 27.9. The Morgan fingerprint density at radius 3 is 2.59 bits per heavy atom. The molecule has 6 heteroatoms. The largest absolute Gasteiger partial charge is 0.459 e. The van der Waals surface area contributed by atoms with Gasteiger partial charge in [0.1, 0.15) is 11.9 Å². The third kappa shape index (κ3) is 2.47. The maximum absolute atomic E-state index is 13.0. The molecule has 2 aromatic rings. The minimum absolute atomic E-state index is 0.197. The Bertz CT molecular complexity index is 682. The van der Waals surface area contributed by atoms with Crippen molar-refractivity contribution in [2.45, 2.75) is 13.0 Å². The van der Waals surface area contributed by atoms with Crippen LogP contribution in [0.3, 0.4) is 0 Å². The van der Waals surface area contributed by atoms with Gasteiger partial charge in [-0.15, -0.1) is 0 Å². The molecule has 1 atom stereocenters. The van der Waals surface area contributed by atoms with E-state index in [0.29, 0.717) is 18.8 Å². The quantitative estimate of drug-likeness (QED) is 0.855. The van der Waals surface area contributed by atoms with E-state index in [2.05, 4.69) is 0 Å². The van der Waals surface area contributed by atoms with Crippen LogP contribution in [-0.2, 0) is 4.79 Å². The predicted octanol–water partition coefficient (Wildman–Crippen LogP) is 2.30. The van der Waals surface area contributed by atoms with Gasteiger partial charge in [0.2, 0.25) is 5.91 Å². The number of halogens is 1. The van der Waals surface area contributed by atoms with Crippen LogP contribution >= 0.6 is 0 Å². The average molecular weight is 302 g/mol. The Morgan fingerprint density at radius 1 is 1.23 bits per heavy atom. The van der Waals surface area contributed by atoms with Crippen molar-refractivity contribution in [2.24, 2.45) is 0 Å². The van der Waals surface area contributed by atoms with Gasteiger partial charge in [-0.25, -0.2) is 4.39 Å². The number of benzene rings is 1. The molecular formula is C16H15FN2O3. The molecule has 1 aliphatic rings. The van der Waals surface area contributed by atoms with E-state index >= 15 is 0 Å². The van der Waals surface area contributed by atoms with E-state index in [-0.39, 0.29) is 23.4 Å². The van der Waals surface area contributed by atoms with Crippen molar-refractivity contribution in [1.82, 2.24) is 4.90 Å². The lowest BCUT2D eigenvalue weighted by molar-refractivity contribution is -0.124. The van der Waals surface area contributed by atoms with Crippen molar-refractivity contribution in [3.05, 3.63) is 54.2 Å². The topological polar surface area (TPSA) is 53.8 Å². The average Bonchev–Trinajstić information content (AvgIpc) is 3.05. The molecule has 0 saturated carbocycles. The van der Waals surface area contributed by atoms with E-state index in [0.717, 1.165) is 0 Å². The van der Waals surface area contributed by atoms with Crippen molar-refractivity contribution in [3.8, 4) is 0 Å². The van der Waals surface area contributed by atoms with Gasteiger partial charge in [0.25, 0.3) is 5.91 Å². The number of rotatable bonds is 2. The molecule has 0 aliphatic carbocycles. The predicted molar refractivity (Wildman–Crippen MR) is 78.0 cm³/mol. The van der Waals surface area contributed by atoms with Gasteiger partial charge >= 0.3 is 0 Å². The molecule has 5 nitrogen and oxygen atoms in total. The number of hydrogen-bond donors (Lipinski definition) is 0. The fraction of sp³-hybridized carbons (Fsp3) is 0.250. The van der Waals surface area contributed by atoms with Crippen LogP contribution in [0, 0.1) is 5.82 Å². The standard InChI is InChI=1S/C16H15FN2O3/c1-11-15(20)19(13-6-4-12(17)5-7-13)9-8-18(11)16(21)14-3-2-10-22-14/h2-7,10-11H,8-9H2,1H3. The van der Waals surface area contributed by atoms with Gasteiger partial charge in [-0.2, -0.15) is 0 Å². The maximum Gasteiger partial charge on any atom is 0.290 e. The fourth-order valence-electron chi connectivity index (χ4n) is 2.57. The highest BCUT2D eigenvalue weighted by Gasteiger charge is 2.36. The Labute approximate surface area is 126 Å². The van der Waals surface area contributed by atoms with Crippen LogP contribution in [-0.4, -0.2) is 35.8 Å². The molecule has 1 unspecified atom stereocenters. The molecule has 1 saturated heterocycles. The van der Waals surface area contributed by atoms with Gasteiger partial charge in [-0.3, -0.25) is 9.59 Å². The number of hydrogen-bond acceptors (Lipinski definition) is 3. The van der Waals surface area contributed by atoms with Gasteiger partial charge in [0.15, 0.2) is 5.76 Å². The van der Waals surface area contributed by atoms with Crippen molar-refractivity contribution >= 4 is 17.5 Å². The van der Waals surface area contributed by atoms with Crippen LogP contribution in [0.4, 0.5) is 10.1 Å². The van der Waals surface area contributed by atoms with Crippen LogP contribution in [0.5, 0.6) is 0 Å². The first-order chi connectivity index (χ1) is 10.6. The number of nitrogens with zero attached hydrogens (tertiary/aromatic N) is 2. The fourth-order valence-corrected chi connectivity index (χ4v) is 2.57. The van der Waals surface area contributed by atoms with E-state index in [9.17, 15) is 14.0 Å². The molecule has 0 spiro atoms. The van der Waals surface area contributed by atoms with Gasteiger partial charge < -0.3 is 14.2 Å². The molecule has 1 aromatic heterocycles. The molecule has 0 radical (unpaired) electrons. The first kappa shape index (κ1) is 14.3. The third-order valence-corrected chi connectivity index (χ3v) is 3.79. The number of carbonyl (C=O) groups is 2. The van der Waals surface area contributed by atoms with E-state index in [1.165, 1.54) is 23.3 Å². The highest BCUT2D eigenvalue weighted by molar-refractivity contribution is 6.02. The summed E-state index contributed by atoms with van der Waals surface area (Å²) in [7, 11) is 0. The zero-order valence-electron chi connectivity index (χ0n) is 12.0. The Balaban J connectivity index is 1.78. The number of anilines is 1. The summed E-state index contributed by atoms with van der Waals surface area (Å²) < 4.78 is 18.1. The third-order valence-electron chi connectivity index (χ3n) is 3.79. The van der Waals surface area contributed by atoms with E-state index < -0.39 is 6.04 Å². The number of furan rings is 1. The summed E-state index contributed by atoms with van der Waals surface area (Å²) in [6, 6.07) is 8.35. The minimum Gasteiger partial charge on any atom is -0.459 e. The molecular weight excluding hydrogens is 287 g/mol. The van der Waals surface area contributed by atoms with Gasteiger partial charge in [-0.05, 0) is 43.3 Å². The molecule has 1 aliphatic heterocycles. The van der Waals surface area contributed by atoms with Gasteiger partial charge in [0.05, 0.1) is 6.26 Å². The molecule has 1 aromatic carbocycles. The minimum atomic E-state index is -0.601. The van der Waals surface area contributed by atoms with Crippen molar-refractivity contribution < 1.29 is 18.4 Å². The smallest absolute Gasteiger partial charge is 0.290 e. The van der Waals surface area contributed by atoms with Crippen molar-refractivity contribution in [1.29, 1.82) is 0 Å². The lowest BCUT2D eigenvalue weighted by Gasteiger charge is -2.38. The molecule has 2 heterocycles. The number of carbonyl (C=O) groups excluding carboxylic acids is 2. The molecule has 3 rings (SSSR count). The van der Waals surface area contributed by atoms with E-state index in [1.807, 2.05) is 0 Å². The van der Waals surface area contributed by atoms with Crippen molar-refractivity contribution in [2.75, 3.05) is 18.0 Å². The zero-order chi connectivity index (χ0) is 15.7. The summed E-state index contributed by atoms with van der Waals surface area (Å²) in [5.41, 5.74) is 0.628. The Hall–Kier alpha value is -2.63. The number of piperazine rings is 1. The normalized spacial score (nSPS) is 18.6. The van der Waals surface area contributed by atoms with Crippen LogP contribution in [0.2, 0.25) is 0 Å². The molecule has 114 valence electrons. The maximum atomic E-state index is 13.0. The highest BCUT2D eigenvalue weighted by Crippen LogP contribution is 2.22. The van der Waals surface area contributed by atoms with Crippen LogP contribution in [0.25, 0.3) is 0 Å². The van der Waals surface area contributed by atoms with Crippen LogP contribution in [0.15, 0.2) is 47.1 Å². The lowest BCUT2D eigenvalue weighted by atomic mass is 10.1. The molecule has 2 amide bonds. The van der Waals surface area contributed by atoms with Crippen molar-refractivity contribution in [3.63, 3.8) is 0 Å². The summed E-state index contributed by atoms with van der Waals surface area (Å²) in [6.45, 7) is 2.43. The zero-order valence-corrected chi connectivity index (χ0v) is 12.0. The van der Waals surface area contributed by atoms with Gasteiger partial charge in [-0.1, -0.05) is 0 Å². The summed E-state index contributed by atoms with van der Waals surface area (Å²) in [6.07, 6.45) is 1.43. The van der Waals surface area contributed by atoms with E-state index in [4.69, 9.17) is 4.42 Å². The summed E-state index contributed by atoms with van der Waals surface area (Å²) in [5, 5.41) is 0. The summed E-state index contributed by atoms with van der Waals surface area (Å²) >= 11 is 0. The second-order valence-electron chi connectivity index (χ2n) is 5.12. The molecule has 22 heavy (non-hydrogen) atoms. The second kappa shape index (κ2) is 5.63. The second-order valence-corrected chi connectivity index (χ2v) is 5.12. The van der Waals surface area contributed by atoms with Gasteiger partial charge in [0, 0.05) is 18.8 Å². The molecule has 0 bridgehead atoms. The highest BCUT2D eigenvalue weighted by atomic mass is 19.1. The molecule has 1 fully saturated rings. The monoisotopic (exact) mass is 302 g/mol. The first-order valence-corrected chi connectivity index (χ1v) is 6.99. The number of amides is 2. The first-order valence-electron chi connectivity index (χ1n) is 6.99.